The zero-order valence-corrected chi connectivity index (χ0v) is 11.4. The fraction of sp³-hybridized carbons (Fsp3) is 0.571. The standard InChI is InChI=1S/C14H20FN3O/c1-10(2)17-14(19)11-5-8-18(9-6-11)13-12(15)4-3-7-16-13/h3-4,7,10-11H,5-6,8-9H2,1-2H3,(H,17,19). The van der Waals surface area contributed by atoms with Gasteiger partial charge in [0.25, 0.3) is 0 Å². The van der Waals surface area contributed by atoms with Gasteiger partial charge in [-0.3, -0.25) is 4.79 Å². The van der Waals surface area contributed by atoms with E-state index in [9.17, 15) is 9.18 Å². The lowest BCUT2D eigenvalue weighted by Crippen LogP contribution is -2.42. The third kappa shape index (κ3) is 3.43. The second-order valence-corrected chi connectivity index (χ2v) is 5.23. The van der Waals surface area contributed by atoms with Crippen LogP contribution in [0.25, 0.3) is 0 Å². The van der Waals surface area contributed by atoms with E-state index in [4.69, 9.17) is 0 Å². The summed E-state index contributed by atoms with van der Waals surface area (Å²) in [5.41, 5.74) is 0. The molecule has 19 heavy (non-hydrogen) atoms. The van der Waals surface area contributed by atoms with Crippen molar-refractivity contribution >= 4 is 11.7 Å². The molecule has 1 N–H and O–H groups in total. The Morgan fingerprint density at radius 1 is 1.47 bits per heavy atom. The molecular weight excluding hydrogens is 245 g/mol. The highest BCUT2D eigenvalue weighted by atomic mass is 19.1. The first-order chi connectivity index (χ1) is 9.08. The Morgan fingerprint density at radius 3 is 2.74 bits per heavy atom. The molecule has 1 fully saturated rings. The monoisotopic (exact) mass is 265 g/mol. The summed E-state index contributed by atoms with van der Waals surface area (Å²) >= 11 is 0. The van der Waals surface area contributed by atoms with Crippen molar-refractivity contribution in [2.24, 2.45) is 5.92 Å². The molecule has 2 rings (SSSR count). The van der Waals surface area contributed by atoms with Crippen LogP contribution in [0.2, 0.25) is 0 Å². The molecule has 0 radical (unpaired) electrons. The number of carbonyl (C=O) groups is 1. The molecule has 0 saturated carbocycles. The number of pyridine rings is 1. The molecule has 2 heterocycles. The van der Waals surface area contributed by atoms with Gasteiger partial charge >= 0.3 is 0 Å². The summed E-state index contributed by atoms with van der Waals surface area (Å²) in [5, 5.41) is 2.93. The molecular formula is C14H20FN3O. The van der Waals surface area contributed by atoms with Gasteiger partial charge in [0.15, 0.2) is 11.6 Å². The van der Waals surface area contributed by atoms with Crippen LogP contribution in [0.1, 0.15) is 26.7 Å². The minimum atomic E-state index is -0.299. The van der Waals surface area contributed by atoms with E-state index in [0.29, 0.717) is 18.9 Å². The first-order valence-electron chi connectivity index (χ1n) is 6.73. The van der Waals surface area contributed by atoms with Gasteiger partial charge < -0.3 is 10.2 Å². The zero-order chi connectivity index (χ0) is 13.8. The summed E-state index contributed by atoms with van der Waals surface area (Å²) in [6, 6.07) is 3.17. The van der Waals surface area contributed by atoms with Crippen molar-refractivity contribution in [2.75, 3.05) is 18.0 Å². The Bertz CT molecular complexity index is 442. The normalized spacial score (nSPS) is 16.7. The van der Waals surface area contributed by atoms with Crippen LogP contribution in [-0.4, -0.2) is 30.0 Å². The van der Waals surface area contributed by atoms with Crippen molar-refractivity contribution in [3.63, 3.8) is 0 Å². The fourth-order valence-electron chi connectivity index (χ4n) is 2.37. The number of amides is 1. The molecule has 1 aromatic heterocycles. The van der Waals surface area contributed by atoms with Crippen LogP contribution in [0.15, 0.2) is 18.3 Å². The van der Waals surface area contributed by atoms with Crippen molar-refractivity contribution in [2.45, 2.75) is 32.7 Å². The first kappa shape index (κ1) is 13.8. The van der Waals surface area contributed by atoms with E-state index in [0.717, 1.165) is 12.8 Å². The second kappa shape index (κ2) is 5.99. The molecule has 104 valence electrons. The van der Waals surface area contributed by atoms with Crippen LogP contribution >= 0.6 is 0 Å². The predicted octanol–water partition coefficient (Wildman–Crippen LogP) is 1.96. The molecule has 0 atom stereocenters. The van der Waals surface area contributed by atoms with Crippen LogP contribution < -0.4 is 10.2 Å². The van der Waals surface area contributed by atoms with E-state index in [1.54, 1.807) is 12.3 Å². The quantitative estimate of drug-likeness (QED) is 0.908. The summed E-state index contributed by atoms with van der Waals surface area (Å²) in [7, 11) is 0. The largest absolute Gasteiger partial charge is 0.354 e. The van der Waals surface area contributed by atoms with E-state index in [1.165, 1.54) is 6.07 Å². The van der Waals surface area contributed by atoms with Gasteiger partial charge in [-0.1, -0.05) is 0 Å². The van der Waals surface area contributed by atoms with Gasteiger partial charge in [-0.05, 0) is 38.8 Å². The number of hydrogen-bond acceptors (Lipinski definition) is 3. The van der Waals surface area contributed by atoms with Crippen LogP contribution in [0.5, 0.6) is 0 Å². The van der Waals surface area contributed by atoms with Crippen LogP contribution in [-0.2, 0) is 4.79 Å². The van der Waals surface area contributed by atoms with Gasteiger partial charge in [0.1, 0.15) is 0 Å². The summed E-state index contributed by atoms with van der Waals surface area (Å²) in [6.07, 6.45) is 3.08. The maximum atomic E-state index is 13.6. The van der Waals surface area contributed by atoms with Crippen LogP contribution in [0.4, 0.5) is 10.2 Å². The molecule has 4 nitrogen and oxygen atoms in total. The summed E-state index contributed by atoms with van der Waals surface area (Å²) < 4.78 is 13.6. The van der Waals surface area contributed by atoms with Crippen molar-refractivity contribution in [1.82, 2.24) is 10.3 Å². The van der Waals surface area contributed by atoms with E-state index >= 15 is 0 Å². The third-order valence-corrected chi connectivity index (χ3v) is 3.34. The van der Waals surface area contributed by atoms with E-state index < -0.39 is 0 Å². The lowest BCUT2D eigenvalue weighted by Gasteiger charge is -2.32. The van der Waals surface area contributed by atoms with Gasteiger partial charge in [0.05, 0.1) is 0 Å². The number of rotatable bonds is 3. The van der Waals surface area contributed by atoms with Crippen LogP contribution in [0.3, 0.4) is 0 Å². The maximum absolute atomic E-state index is 13.6. The average molecular weight is 265 g/mol. The minimum absolute atomic E-state index is 0.0328. The van der Waals surface area contributed by atoms with Gasteiger partial charge in [-0.2, -0.15) is 0 Å². The highest BCUT2D eigenvalue weighted by molar-refractivity contribution is 5.79. The molecule has 1 aliphatic rings. The lowest BCUT2D eigenvalue weighted by atomic mass is 9.95. The SMILES string of the molecule is CC(C)NC(=O)C1CCN(c2ncccc2F)CC1. The molecule has 0 aliphatic carbocycles. The van der Waals surface area contributed by atoms with Gasteiger partial charge in [-0.25, -0.2) is 9.37 Å². The molecule has 5 heteroatoms. The number of piperidine rings is 1. The molecule has 1 amide bonds. The number of hydrogen-bond donors (Lipinski definition) is 1. The van der Waals surface area contributed by atoms with E-state index in [-0.39, 0.29) is 23.7 Å². The highest BCUT2D eigenvalue weighted by Crippen LogP contribution is 2.23. The van der Waals surface area contributed by atoms with Crippen molar-refractivity contribution in [1.29, 1.82) is 0 Å². The summed E-state index contributed by atoms with van der Waals surface area (Å²) in [5.74, 6) is 0.236. The number of halogens is 1. The fourth-order valence-corrected chi connectivity index (χ4v) is 2.37. The number of nitrogens with zero attached hydrogens (tertiary/aromatic N) is 2. The first-order valence-corrected chi connectivity index (χ1v) is 6.73. The third-order valence-electron chi connectivity index (χ3n) is 3.34. The number of aromatic nitrogens is 1. The second-order valence-electron chi connectivity index (χ2n) is 5.23. The number of carbonyl (C=O) groups excluding carboxylic acids is 1. The van der Waals surface area contributed by atoms with Gasteiger partial charge in [-0.15, -0.1) is 0 Å². The summed E-state index contributed by atoms with van der Waals surface area (Å²) in [6.45, 7) is 5.25. The lowest BCUT2D eigenvalue weighted by molar-refractivity contribution is -0.126. The van der Waals surface area contributed by atoms with E-state index in [1.807, 2.05) is 18.7 Å². The van der Waals surface area contributed by atoms with Crippen molar-refractivity contribution in [3.8, 4) is 0 Å². The number of nitrogens with one attached hydrogen (secondary N) is 1. The minimum Gasteiger partial charge on any atom is -0.354 e. The van der Waals surface area contributed by atoms with Crippen LogP contribution in [0, 0.1) is 11.7 Å². The molecule has 0 spiro atoms. The Kier molecular flexibility index (Phi) is 4.35. The Morgan fingerprint density at radius 2 is 2.16 bits per heavy atom. The highest BCUT2D eigenvalue weighted by Gasteiger charge is 2.26. The van der Waals surface area contributed by atoms with Crippen molar-refractivity contribution in [3.05, 3.63) is 24.1 Å². The molecule has 1 aromatic rings. The molecule has 1 saturated heterocycles. The predicted molar refractivity (Wildman–Crippen MR) is 72.4 cm³/mol. The molecule has 1 aliphatic heterocycles. The average Bonchev–Trinajstić information content (AvgIpc) is 2.39. The smallest absolute Gasteiger partial charge is 0.223 e. The van der Waals surface area contributed by atoms with Gasteiger partial charge in [0, 0.05) is 31.2 Å². The summed E-state index contributed by atoms with van der Waals surface area (Å²) in [4.78, 5) is 17.9. The molecule has 0 bridgehead atoms. The maximum Gasteiger partial charge on any atom is 0.223 e. The number of anilines is 1. The van der Waals surface area contributed by atoms with Crippen molar-refractivity contribution < 1.29 is 9.18 Å². The zero-order valence-electron chi connectivity index (χ0n) is 11.4. The Labute approximate surface area is 113 Å². The van der Waals surface area contributed by atoms with Gasteiger partial charge in [0.2, 0.25) is 5.91 Å². The molecule has 0 unspecified atom stereocenters. The van der Waals surface area contributed by atoms with E-state index in [2.05, 4.69) is 10.3 Å². The Hall–Kier alpha value is -1.65. The molecule has 0 aromatic carbocycles. The topological polar surface area (TPSA) is 45.2 Å². The Balaban J connectivity index is 1.93.